The van der Waals surface area contributed by atoms with Crippen LogP contribution in [0.2, 0.25) is 0 Å². The van der Waals surface area contributed by atoms with Crippen LogP contribution in [0, 0.1) is 0 Å². The maximum atomic E-state index is 6.71. The summed E-state index contributed by atoms with van der Waals surface area (Å²) >= 11 is 1.91. The quantitative estimate of drug-likeness (QED) is 0.122. The van der Waals surface area contributed by atoms with Crippen molar-refractivity contribution < 1.29 is 8.83 Å². The van der Waals surface area contributed by atoms with Gasteiger partial charge in [0.2, 0.25) is 0 Å². The monoisotopic (exact) mass is 1820 g/mol. The summed E-state index contributed by atoms with van der Waals surface area (Å²) in [6.07, 6.45) is 6.56. The van der Waals surface area contributed by atoms with Gasteiger partial charge in [0.05, 0.1) is 49.7 Å². The van der Waals surface area contributed by atoms with Gasteiger partial charge in [0.25, 0.3) is 0 Å². The predicted molar refractivity (Wildman–Crippen MR) is 593 cm³/mol. The van der Waals surface area contributed by atoms with E-state index in [-0.39, 0.29) is 0 Å². The van der Waals surface area contributed by atoms with Crippen LogP contribution in [-0.2, 0) is 0 Å². The van der Waals surface area contributed by atoms with E-state index in [4.69, 9.17) is 8.83 Å². The highest BCUT2D eigenvalue weighted by Crippen LogP contribution is 2.49. The number of hydrogen-bond donors (Lipinski definition) is 0. The summed E-state index contributed by atoms with van der Waals surface area (Å²) in [6, 6.07) is 176. The van der Waals surface area contributed by atoms with Gasteiger partial charge in [-0.2, -0.15) is 0 Å². The molecule has 9 heteroatoms. The van der Waals surface area contributed by atoms with Crippen LogP contribution >= 0.6 is 11.3 Å². The van der Waals surface area contributed by atoms with Gasteiger partial charge in [-0.15, -0.1) is 11.3 Å². The number of nitrogens with zero attached hydrogens (tertiary/aromatic N) is 6. The lowest BCUT2D eigenvalue weighted by molar-refractivity contribution is 0.670. The van der Waals surface area contributed by atoms with Gasteiger partial charge in [0.1, 0.15) is 22.3 Å². The molecule has 660 valence electrons. The fourth-order valence-corrected chi connectivity index (χ4v) is 23.7. The molecule has 0 bridgehead atoms. The third kappa shape index (κ3) is 13.3. The zero-order valence-electron chi connectivity index (χ0n) is 76.4. The van der Waals surface area contributed by atoms with Crippen LogP contribution in [0.5, 0.6) is 0 Å². The molecule has 0 aliphatic carbocycles. The zero-order chi connectivity index (χ0) is 92.7. The van der Waals surface area contributed by atoms with Gasteiger partial charge in [0, 0.05) is 160 Å². The van der Waals surface area contributed by atoms with Crippen LogP contribution in [-0.4, -0.2) is 27.4 Å². The normalized spacial score (nSPS) is 11.8. The van der Waals surface area contributed by atoms with Crippen molar-refractivity contribution in [3.05, 3.63) is 510 Å². The molecule has 9 aromatic heterocycles. The van der Waals surface area contributed by atoms with Crippen LogP contribution in [0.25, 0.3) is 263 Å². The number of benzene rings is 21. The third-order valence-electron chi connectivity index (χ3n) is 28.8. The van der Waals surface area contributed by atoms with Gasteiger partial charge in [-0.3, -0.25) is 0 Å². The Labute approximate surface area is 814 Å². The Morgan fingerprint density at radius 3 is 0.787 bits per heavy atom. The zero-order valence-corrected chi connectivity index (χ0v) is 77.2. The smallest absolute Gasteiger partial charge is 0.143 e. The fraction of sp³-hybridized carbons (Fsp3) is 0. The van der Waals surface area contributed by atoms with Gasteiger partial charge in [-0.1, -0.05) is 340 Å². The molecule has 21 aromatic carbocycles. The van der Waals surface area contributed by atoms with Crippen molar-refractivity contribution in [3.8, 4) is 101 Å². The Kier molecular flexibility index (Phi) is 19.0. The molecule has 0 spiro atoms. The van der Waals surface area contributed by atoms with Crippen LogP contribution in [0.3, 0.4) is 0 Å². The minimum Gasteiger partial charge on any atom is -0.455 e. The number of furan rings is 2. The number of aromatic nitrogens is 6. The molecule has 0 radical (unpaired) electrons. The molecule has 0 unspecified atom stereocenters. The summed E-state index contributed by atoms with van der Waals surface area (Å²) in [5.74, 6) is 0. The van der Waals surface area contributed by atoms with Crippen LogP contribution < -0.4 is 0 Å². The lowest BCUT2D eigenvalue weighted by atomic mass is 9.98. The lowest BCUT2D eigenvalue weighted by Crippen LogP contribution is -1.94. The van der Waals surface area contributed by atoms with Crippen molar-refractivity contribution in [2.75, 3.05) is 0 Å². The summed E-state index contributed by atoms with van der Waals surface area (Å²) in [7, 11) is 0. The first-order chi connectivity index (χ1) is 70.0. The van der Waals surface area contributed by atoms with Crippen LogP contribution in [0.1, 0.15) is 0 Å². The summed E-state index contributed by atoms with van der Waals surface area (Å²) in [5.41, 5.74) is 35.7. The number of fused-ring (bicyclic) bond motifs is 24. The summed E-state index contributed by atoms with van der Waals surface area (Å²) < 4.78 is 29.7. The van der Waals surface area contributed by atoms with E-state index >= 15 is 0 Å². The SMILES string of the molecule is c1ccc(-c2ccc(-c3cccc4c3sc3c(-c5ccc(-n6c7ccccc7c7c8ccn(-c9ccccc9)c8ccc76)cc5)cccc34)cc2)cc1.c1ccc(-c2cccc3c2oc2c(-c4ccc(-n5c6ccccc6c6c7ccn(-c8ccccc8)c7ccc65)cc4)cccc23)cc1.c1ccc(-n2ccc3c4c5ccccc5n(-c5ccc(-c6cccc7c6oc6ccccc67)cc5)c4ccc32)cc1. The Hall–Kier alpha value is -18.5. The maximum Gasteiger partial charge on any atom is 0.143 e. The number of hydrogen-bond acceptors (Lipinski definition) is 3. The number of thiophene rings is 1. The Morgan fingerprint density at radius 1 is 0.149 bits per heavy atom. The van der Waals surface area contributed by atoms with Crippen LogP contribution in [0.15, 0.2) is 519 Å². The maximum absolute atomic E-state index is 6.71. The molecule has 0 amide bonds. The summed E-state index contributed by atoms with van der Waals surface area (Å²) in [6.45, 7) is 0. The summed E-state index contributed by atoms with van der Waals surface area (Å²) in [5, 5.41) is 18.6. The van der Waals surface area contributed by atoms with Gasteiger partial charge in [-0.05, 0) is 202 Å². The standard InChI is InChI=1S/C50H32N2S.C44H28N2O.C38H24N2O/c1-3-11-33(12-4-1)34-21-23-35(24-22-34)39-16-9-18-41-42-19-10-17-40(50(42)53-49(39)41)36-25-27-38(28-26-36)52-46-20-8-7-15-43(46)48-44-31-32-51(37-13-5-2-6-14-37)45(44)29-30-47(48)52;1-3-11-29(12-4-1)33-16-9-18-35-36-19-10-17-34(44(36)47-43(33)35)30-21-23-32(24-22-30)46-40-20-8-7-15-37(40)42-38-27-28-45(31-13-5-2-6-14-31)39(38)25-26-41(42)46;1-2-9-26(10-3-1)39-24-23-32-33(39)21-22-35-37(32)31-12-4-6-15-34(31)40(35)27-19-17-25(18-20-27)28-13-8-14-30-29-11-5-7-16-36(29)41-38(28)30/h1-32H;1-28H;1-24H. The molecular formula is C132H84N6O2S. The van der Waals surface area contributed by atoms with E-state index < -0.39 is 0 Å². The van der Waals surface area contributed by atoms with E-state index in [1.807, 2.05) is 29.5 Å². The molecule has 141 heavy (non-hydrogen) atoms. The first-order valence-corrected chi connectivity index (χ1v) is 48.9. The van der Waals surface area contributed by atoms with Crippen molar-refractivity contribution in [2.24, 2.45) is 0 Å². The highest BCUT2D eigenvalue weighted by Gasteiger charge is 2.25. The van der Waals surface area contributed by atoms with Crippen molar-refractivity contribution in [2.45, 2.75) is 0 Å². The van der Waals surface area contributed by atoms with Gasteiger partial charge >= 0.3 is 0 Å². The second kappa shape index (κ2) is 33.2. The fourth-order valence-electron chi connectivity index (χ4n) is 22.3. The number of para-hydroxylation sites is 10. The predicted octanol–water partition coefficient (Wildman–Crippen LogP) is 36.4. The Morgan fingerprint density at radius 2 is 0.404 bits per heavy atom. The molecule has 9 heterocycles. The Bertz CT molecular complexity index is 10100. The molecule has 0 atom stereocenters. The van der Waals surface area contributed by atoms with Crippen molar-refractivity contribution in [3.63, 3.8) is 0 Å². The first kappa shape index (κ1) is 80.9. The second-order valence-corrected chi connectivity index (χ2v) is 37.5. The second-order valence-electron chi connectivity index (χ2n) is 36.5. The Balaban J connectivity index is 0.000000104. The minimum atomic E-state index is 0.917. The largest absolute Gasteiger partial charge is 0.455 e. The first-order valence-electron chi connectivity index (χ1n) is 48.1. The minimum absolute atomic E-state index is 0.917. The summed E-state index contributed by atoms with van der Waals surface area (Å²) in [4.78, 5) is 0. The molecule has 0 aliphatic heterocycles. The van der Waals surface area contributed by atoms with E-state index in [1.165, 1.54) is 163 Å². The van der Waals surface area contributed by atoms with Gasteiger partial charge < -0.3 is 36.2 Å². The number of rotatable bonds is 12. The van der Waals surface area contributed by atoms with Crippen molar-refractivity contribution >= 4 is 174 Å². The van der Waals surface area contributed by atoms with E-state index in [1.54, 1.807) is 0 Å². The highest BCUT2D eigenvalue weighted by molar-refractivity contribution is 7.27. The van der Waals surface area contributed by atoms with Crippen LogP contribution in [0.4, 0.5) is 0 Å². The average Bonchev–Trinajstić information content (AvgIpc) is 1.57. The van der Waals surface area contributed by atoms with E-state index in [0.717, 1.165) is 100 Å². The van der Waals surface area contributed by atoms with E-state index in [0.29, 0.717) is 0 Å². The molecule has 0 N–H and O–H groups in total. The van der Waals surface area contributed by atoms with Crippen molar-refractivity contribution in [1.82, 2.24) is 27.4 Å². The van der Waals surface area contributed by atoms with Gasteiger partial charge in [0.15, 0.2) is 0 Å². The van der Waals surface area contributed by atoms with E-state index in [2.05, 4.69) is 519 Å². The molecular weight excluding hydrogens is 1730 g/mol. The van der Waals surface area contributed by atoms with Crippen molar-refractivity contribution in [1.29, 1.82) is 0 Å². The van der Waals surface area contributed by atoms with E-state index in [9.17, 15) is 0 Å². The lowest BCUT2D eigenvalue weighted by Gasteiger charge is -2.10. The molecule has 0 saturated carbocycles. The molecule has 0 saturated heterocycles. The molecule has 30 rings (SSSR count). The van der Waals surface area contributed by atoms with Gasteiger partial charge in [-0.25, -0.2) is 0 Å². The third-order valence-corrected chi connectivity index (χ3v) is 30.1. The molecule has 30 aromatic rings. The molecule has 8 nitrogen and oxygen atoms in total. The molecule has 0 fully saturated rings. The average molecular weight is 1820 g/mol. The highest BCUT2D eigenvalue weighted by atomic mass is 32.1. The topological polar surface area (TPSA) is 55.9 Å². The molecule has 0 aliphatic rings.